The molecule has 0 amide bonds. The summed E-state index contributed by atoms with van der Waals surface area (Å²) >= 11 is 0. The van der Waals surface area contributed by atoms with Gasteiger partial charge in [0.1, 0.15) is 23.7 Å². The van der Waals surface area contributed by atoms with Crippen molar-refractivity contribution < 1.29 is 8.98 Å². The van der Waals surface area contributed by atoms with E-state index >= 15 is 0 Å². The molecular formula is C37H27N2O+. The normalized spacial score (nSPS) is 11.8. The minimum absolute atomic E-state index is 0.898. The summed E-state index contributed by atoms with van der Waals surface area (Å²) in [6.07, 6.45) is 2.18. The minimum Gasteiger partial charge on any atom is -0.456 e. The smallest absolute Gasteiger partial charge is 0.237 e. The number of hydrogen-bond donors (Lipinski definition) is 0. The molecule has 40 heavy (non-hydrogen) atoms. The fraction of sp³-hybridized carbons (Fsp3) is 0.0541. The largest absolute Gasteiger partial charge is 0.456 e. The zero-order chi connectivity index (χ0) is 26.8. The number of nitrogens with zero attached hydrogens (tertiary/aromatic N) is 2. The fourth-order valence-electron chi connectivity index (χ4n) is 6.23. The minimum atomic E-state index is 0.898. The highest BCUT2D eigenvalue weighted by Gasteiger charge is 2.24. The first-order chi connectivity index (χ1) is 19.7. The lowest BCUT2D eigenvalue weighted by Crippen LogP contribution is -2.31. The second kappa shape index (κ2) is 8.69. The van der Waals surface area contributed by atoms with E-state index in [4.69, 9.17) is 4.42 Å². The van der Waals surface area contributed by atoms with Gasteiger partial charge in [-0.2, -0.15) is 4.57 Å². The van der Waals surface area contributed by atoms with Gasteiger partial charge in [0.2, 0.25) is 5.69 Å². The monoisotopic (exact) mass is 515 g/mol. The average Bonchev–Trinajstić information content (AvgIpc) is 3.53. The molecule has 190 valence electrons. The van der Waals surface area contributed by atoms with Gasteiger partial charge in [-0.1, -0.05) is 72.8 Å². The van der Waals surface area contributed by atoms with Crippen LogP contribution in [0.1, 0.15) is 5.56 Å². The first-order valence-electron chi connectivity index (χ1n) is 13.7. The Morgan fingerprint density at radius 1 is 0.600 bits per heavy atom. The average molecular weight is 516 g/mol. The Morgan fingerprint density at radius 3 is 2.27 bits per heavy atom. The van der Waals surface area contributed by atoms with E-state index in [2.05, 4.69) is 145 Å². The van der Waals surface area contributed by atoms with Crippen LogP contribution < -0.4 is 4.57 Å². The molecule has 3 heterocycles. The summed E-state index contributed by atoms with van der Waals surface area (Å²) < 4.78 is 11.0. The molecule has 3 aromatic heterocycles. The predicted molar refractivity (Wildman–Crippen MR) is 165 cm³/mol. The lowest BCUT2D eigenvalue weighted by Gasteiger charge is -2.11. The van der Waals surface area contributed by atoms with Gasteiger partial charge in [0.25, 0.3) is 0 Å². The number of pyridine rings is 1. The molecule has 8 aromatic rings. The van der Waals surface area contributed by atoms with Gasteiger partial charge in [-0.3, -0.25) is 0 Å². The zero-order valence-corrected chi connectivity index (χ0v) is 22.4. The molecule has 0 fully saturated rings. The van der Waals surface area contributed by atoms with Crippen LogP contribution in [0, 0.1) is 6.92 Å². The maximum absolute atomic E-state index is 6.38. The van der Waals surface area contributed by atoms with Crippen molar-refractivity contribution in [3.63, 3.8) is 0 Å². The molecular weight excluding hydrogens is 488 g/mol. The molecule has 0 spiro atoms. The van der Waals surface area contributed by atoms with Crippen molar-refractivity contribution in [2.75, 3.05) is 0 Å². The Labute approximate surface area is 232 Å². The molecule has 0 atom stereocenters. The van der Waals surface area contributed by atoms with Crippen molar-refractivity contribution in [1.29, 1.82) is 0 Å². The summed E-state index contributed by atoms with van der Waals surface area (Å²) in [5.41, 5.74) is 11.4. The van der Waals surface area contributed by atoms with E-state index in [1.54, 1.807) is 0 Å². The zero-order valence-electron chi connectivity index (χ0n) is 22.4. The van der Waals surface area contributed by atoms with Crippen molar-refractivity contribution in [1.82, 2.24) is 4.57 Å². The van der Waals surface area contributed by atoms with Gasteiger partial charge >= 0.3 is 0 Å². The van der Waals surface area contributed by atoms with E-state index in [1.165, 1.54) is 44.2 Å². The van der Waals surface area contributed by atoms with E-state index in [1.807, 2.05) is 6.07 Å². The molecule has 3 heteroatoms. The Kier molecular flexibility index (Phi) is 4.95. The summed E-state index contributed by atoms with van der Waals surface area (Å²) in [7, 11) is 2.14. The standard InChI is InChI=1S/C37H27N2O/c1-24-10-6-7-13-28(24)36-37-31(20-21-38(36)2)29-14-8-9-15-33(29)39(37)27-17-19-34-32(23-27)30-18-16-26(22-35(30)40-34)25-11-4-3-5-12-25/h3-23H,1-2H3/q+1. The van der Waals surface area contributed by atoms with Crippen LogP contribution in [0.15, 0.2) is 132 Å². The van der Waals surface area contributed by atoms with Crippen molar-refractivity contribution >= 4 is 43.7 Å². The number of furan rings is 1. The molecule has 0 aliphatic rings. The molecule has 0 unspecified atom stereocenters. The molecule has 0 saturated carbocycles. The molecule has 0 N–H and O–H groups in total. The second-order valence-corrected chi connectivity index (χ2v) is 10.6. The summed E-state index contributed by atoms with van der Waals surface area (Å²) in [5, 5.41) is 4.74. The highest BCUT2D eigenvalue weighted by atomic mass is 16.3. The SMILES string of the molecule is Cc1ccccc1-c1c2c(cc[n+]1C)c1ccccc1n2-c1ccc2oc3cc(-c4ccccc4)ccc3c2c1. The Hall–Kier alpha value is -5.15. The van der Waals surface area contributed by atoms with Gasteiger partial charge in [-0.25, -0.2) is 0 Å². The van der Waals surface area contributed by atoms with Crippen LogP contribution >= 0.6 is 0 Å². The van der Waals surface area contributed by atoms with Crippen molar-refractivity contribution in [2.45, 2.75) is 6.92 Å². The first kappa shape index (κ1) is 22.8. The maximum atomic E-state index is 6.38. The topological polar surface area (TPSA) is 21.9 Å². The number of hydrogen-bond acceptors (Lipinski definition) is 1. The lowest BCUT2D eigenvalue weighted by atomic mass is 10.0. The van der Waals surface area contributed by atoms with Gasteiger partial charge in [0, 0.05) is 33.3 Å². The van der Waals surface area contributed by atoms with Gasteiger partial charge in [-0.15, -0.1) is 0 Å². The quantitative estimate of drug-likeness (QED) is 0.215. The Balaban J connectivity index is 1.42. The van der Waals surface area contributed by atoms with E-state index in [0.717, 1.165) is 33.2 Å². The molecule has 0 radical (unpaired) electrons. The third-order valence-electron chi connectivity index (χ3n) is 8.18. The van der Waals surface area contributed by atoms with Gasteiger partial charge in [-0.05, 0) is 66.1 Å². The van der Waals surface area contributed by atoms with Crippen molar-refractivity contribution in [2.24, 2.45) is 7.05 Å². The summed E-state index contributed by atoms with van der Waals surface area (Å²) in [6.45, 7) is 2.19. The van der Waals surface area contributed by atoms with E-state index in [0.29, 0.717) is 0 Å². The lowest BCUT2D eigenvalue weighted by molar-refractivity contribution is -0.659. The molecule has 5 aromatic carbocycles. The fourth-order valence-corrected chi connectivity index (χ4v) is 6.23. The third kappa shape index (κ3) is 3.34. The maximum Gasteiger partial charge on any atom is 0.237 e. The van der Waals surface area contributed by atoms with Gasteiger partial charge < -0.3 is 8.98 Å². The van der Waals surface area contributed by atoms with E-state index in [9.17, 15) is 0 Å². The van der Waals surface area contributed by atoms with Crippen molar-refractivity contribution in [3.8, 4) is 28.1 Å². The van der Waals surface area contributed by atoms with Crippen LogP contribution in [0.25, 0.3) is 71.8 Å². The molecule has 8 rings (SSSR count). The van der Waals surface area contributed by atoms with E-state index in [-0.39, 0.29) is 0 Å². The summed E-state index contributed by atoms with van der Waals surface area (Å²) in [4.78, 5) is 0. The van der Waals surface area contributed by atoms with Crippen LogP contribution in [0.5, 0.6) is 0 Å². The number of aryl methyl sites for hydroxylation is 2. The third-order valence-corrected chi connectivity index (χ3v) is 8.18. The molecule has 0 bridgehead atoms. The number of rotatable bonds is 3. The van der Waals surface area contributed by atoms with Crippen molar-refractivity contribution in [3.05, 3.63) is 133 Å². The number of benzene rings is 5. The molecule has 0 aliphatic carbocycles. The number of fused-ring (bicyclic) bond motifs is 6. The van der Waals surface area contributed by atoms with Crippen LogP contribution in [0.4, 0.5) is 0 Å². The number of aromatic nitrogens is 2. The highest BCUT2D eigenvalue weighted by Crippen LogP contribution is 2.39. The summed E-state index contributed by atoms with van der Waals surface area (Å²) in [5.74, 6) is 0. The van der Waals surface area contributed by atoms with Gasteiger partial charge in [0.15, 0.2) is 6.20 Å². The van der Waals surface area contributed by atoms with Gasteiger partial charge in [0.05, 0.1) is 11.1 Å². The van der Waals surface area contributed by atoms with E-state index < -0.39 is 0 Å². The van der Waals surface area contributed by atoms with Crippen LogP contribution in [-0.2, 0) is 7.05 Å². The van der Waals surface area contributed by atoms with Crippen LogP contribution in [0.2, 0.25) is 0 Å². The molecule has 0 saturated heterocycles. The van der Waals surface area contributed by atoms with Crippen LogP contribution in [-0.4, -0.2) is 4.57 Å². The molecule has 3 nitrogen and oxygen atoms in total. The number of para-hydroxylation sites is 1. The Bertz CT molecular complexity index is 2230. The highest BCUT2D eigenvalue weighted by molar-refractivity contribution is 6.13. The second-order valence-electron chi connectivity index (χ2n) is 10.6. The predicted octanol–water partition coefficient (Wildman–Crippen LogP) is 9.15. The van der Waals surface area contributed by atoms with Crippen LogP contribution in [0.3, 0.4) is 0 Å². The first-order valence-corrected chi connectivity index (χ1v) is 13.7. The summed E-state index contributed by atoms with van der Waals surface area (Å²) in [6, 6.07) is 43.2. The Morgan fingerprint density at radius 2 is 1.40 bits per heavy atom. The molecule has 0 aliphatic heterocycles.